The molecule has 2 aromatic rings. The quantitative estimate of drug-likeness (QED) is 0.781. The monoisotopic (exact) mass is 378 g/mol. The molecule has 1 aliphatic rings. The Bertz CT molecular complexity index is 682. The highest BCUT2D eigenvalue weighted by molar-refractivity contribution is 14.1. The van der Waals surface area contributed by atoms with Crippen LogP contribution in [0.1, 0.15) is 21.5 Å². The molecule has 0 aromatic heterocycles. The van der Waals surface area contributed by atoms with E-state index in [0.717, 1.165) is 29.9 Å². The molecule has 0 atom stereocenters. The molecule has 0 aliphatic carbocycles. The van der Waals surface area contributed by atoms with Crippen molar-refractivity contribution in [1.29, 1.82) is 0 Å². The van der Waals surface area contributed by atoms with E-state index in [9.17, 15) is 4.79 Å². The fourth-order valence-corrected chi connectivity index (χ4v) is 3.05. The minimum Gasteiger partial charge on any atom is -0.384 e. The van der Waals surface area contributed by atoms with E-state index >= 15 is 0 Å². The topological polar surface area (TPSA) is 41.1 Å². The van der Waals surface area contributed by atoms with Gasteiger partial charge in [0.2, 0.25) is 0 Å². The lowest BCUT2D eigenvalue weighted by Crippen LogP contribution is -2.13. The maximum atomic E-state index is 12.3. The SMILES string of the molecule is Cc1cc(I)ccc1NC(=O)c1ccc2c(c1)CCN2. The van der Waals surface area contributed by atoms with Crippen molar-refractivity contribution in [3.63, 3.8) is 0 Å². The zero-order chi connectivity index (χ0) is 14.1. The van der Waals surface area contributed by atoms with Gasteiger partial charge in [0, 0.05) is 27.1 Å². The Morgan fingerprint density at radius 2 is 2.10 bits per heavy atom. The summed E-state index contributed by atoms with van der Waals surface area (Å²) in [6, 6.07) is 11.8. The number of halogens is 1. The molecular formula is C16H15IN2O. The molecule has 20 heavy (non-hydrogen) atoms. The summed E-state index contributed by atoms with van der Waals surface area (Å²) in [5.41, 5.74) is 5.02. The average Bonchev–Trinajstić information content (AvgIpc) is 2.89. The number of benzene rings is 2. The van der Waals surface area contributed by atoms with E-state index in [1.165, 1.54) is 9.13 Å². The molecule has 0 radical (unpaired) electrons. The van der Waals surface area contributed by atoms with Gasteiger partial charge in [-0.25, -0.2) is 0 Å². The van der Waals surface area contributed by atoms with Crippen molar-refractivity contribution in [2.24, 2.45) is 0 Å². The van der Waals surface area contributed by atoms with Crippen LogP contribution in [0.15, 0.2) is 36.4 Å². The second-order valence-electron chi connectivity index (χ2n) is 4.96. The molecule has 0 bridgehead atoms. The summed E-state index contributed by atoms with van der Waals surface area (Å²) in [6.07, 6.45) is 0.985. The Labute approximate surface area is 131 Å². The summed E-state index contributed by atoms with van der Waals surface area (Å²) in [5.74, 6) is -0.0518. The fourth-order valence-electron chi connectivity index (χ4n) is 2.41. The van der Waals surface area contributed by atoms with Gasteiger partial charge in [0.05, 0.1) is 0 Å². The first-order valence-electron chi connectivity index (χ1n) is 6.58. The molecule has 1 amide bonds. The summed E-state index contributed by atoms with van der Waals surface area (Å²) in [6.45, 7) is 2.96. The molecule has 0 spiro atoms. The fraction of sp³-hybridized carbons (Fsp3) is 0.188. The van der Waals surface area contributed by atoms with Gasteiger partial charge in [0.15, 0.2) is 0 Å². The average molecular weight is 378 g/mol. The maximum absolute atomic E-state index is 12.3. The Morgan fingerprint density at radius 3 is 2.90 bits per heavy atom. The van der Waals surface area contributed by atoms with E-state index in [1.807, 2.05) is 37.3 Å². The van der Waals surface area contributed by atoms with Gasteiger partial charge in [0.1, 0.15) is 0 Å². The molecular weight excluding hydrogens is 363 g/mol. The third-order valence-corrected chi connectivity index (χ3v) is 4.18. The van der Waals surface area contributed by atoms with Gasteiger partial charge in [-0.2, -0.15) is 0 Å². The maximum Gasteiger partial charge on any atom is 0.255 e. The van der Waals surface area contributed by atoms with Crippen molar-refractivity contribution in [2.45, 2.75) is 13.3 Å². The first-order valence-corrected chi connectivity index (χ1v) is 7.66. The van der Waals surface area contributed by atoms with Crippen molar-refractivity contribution >= 4 is 39.9 Å². The Balaban J connectivity index is 1.82. The van der Waals surface area contributed by atoms with Crippen LogP contribution in [0.5, 0.6) is 0 Å². The van der Waals surface area contributed by atoms with Crippen molar-refractivity contribution in [3.05, 3.63) is 56.7 Å². The highest BCUT2D eigenvalue weighted by atomic mass is 127. The number of carbonyl (C=O) groups excluding carboxylic acids is 1. The van der Waals surface area contributed by atoms with Gasteiger partial charge in [-0.05, 0) is 83.5 Å². The highest BCUT2D eigenvalue weighted by Gasteiger charge is 2.14. The number of hydrogen-bond acceptors (Lipinski definition) is 2. The molecule has 3 nitrogen and oxygen atoms in total. The molecule has 2 N–H and O–H groups in total. The number of rotatable bonds is 2. The van der Waals surface area contributed by atoms with Gasteiger partial charge in [-0.3, -0.25) is 4.79 Å². The van der Waals surface area contributed by atoms with Gasteiger partial charge >= 0.3 is 0 Å². The Morgan fingerprint density at radius 1 is 1.25 bits per heavy atom. The van der Waals surface area contributed by atoms with Crippen molar-refractivity contribution in [3.8, 4) is 0 Å². The summed E-state index contributed by atoms with van der Waals surface area (Å²) in [4.78, 5) is 12.3. The molecule has 1 aliphatic heterocycles. The number of hydrogen-bond donors (Lipinski definition) is 2. The molecule has 102 valence electrons. The van der Waals surface area contributed by atoms with Crippen LogP contribution in [0.25, 0.3) is 0 Å². The van der Waals surface area contributed by atoms with Gasteiger partial charge in [0.25, 0.3) is 5.91 Å². The molecule has 0 saturated heterocycles. The molecule has 0 fully saturated rings. The van der Waals surface area contributed by atoms with Crippen LogP contribution in [-0.4, -0.2) is 12.5 Å². The van der Waals surface area contributed by atoms with Gasteiger partial charge in [-0.15, -0.1) is 0 Å². The van der Waals surface area contributed by atoms with E-state index in [0.29, 0.717) is 5.56 Å². The van der Waals surface area contributed by atoms with Crippen LogP contribution in [0, 0.1) is 10.5 Å². The number of anilines is 2. The predicted octanol–water partition coefficient (Wildman–Crippen LogP) is 3.82. The van der Waals surface area contributed by atoms with Crippen LogP contribution in [0.3, 0.4) is 0 Å². The number of fused-ring (bicyclic) bond motifs is 1. The van der Waals surface area contributed by atoms with Crippen LogP contribution in [0.2, 0.25) is 0 Å². The van der Waals surface area contributed by atoms with Crippen LogP contribution in [-0.2, 0) is 6.42 Å². The van der Waals surface area contributed by atoms with Gasteiger partial charge in [-0.1, -0.05) is 0 Å². The zero-order valence-corrected chi connectivity index (χ0v) is 13.3. The lowest BCUT2D eigenvalue weighted by molar-refractivity contribution is 0.102. The number of nitrogens with one attached hydrogen (secondary N) is 2. The molecule has 1 heterocycles. The minimum absolute atomic E-state index is 0.0518. The van der Waals surface area contributed by atoms with E-state index in [-0.39, 0.29) is 5.91 Å². The number of aryl methyl sites for hydroxylation is 1. The molecule has 0 saturated carbocycles. The first kappa shape index (κ1) is 13.4. The van der Waals surface area contributed by atoms with Crippen molar-refractivity contribution in [2.75, 3.05) is 17.2 Å². The smallest absolute Gasteiger partial charge is 0.255 e. The summed E-state index contributed by atoms with van der Waals surface area (Å²) in [7, 11) is 0. The normalized spacial score (nSPS) is 12.7. The third kappa shape index (κ3) is 2.65. The van der Waals surface area contributed by atoms with E-state index in [1.54, 1.807) is 0 Å². The summed E-state index contributed by atoms with van der Waals surface area (Å²) in [5, 5.41) is 6.28. The third-order valence-electron chi connectivity index (χ3n) is 3.51. The molecule has 2 aromatic carbocycles. The molecule has 4 heteroatoms. The van der Waals surface area contributed by atoms with E-state index in [4.69, 9.17) is 0 Å². The second-order valence-corrected chi connectivity index (χ2v) is 6.21. The van der Waals surface area contributed by atoms with E-state index < -0.39 is 0 Å². The second kappa shape index (κ2) is 5.44. The summed E-state index contributed by atoms with van der Waals surface area (Å²) >= 11 is 2.27. The lowest BCUT2D eigenvalue weighted by atomic mass is 10.1. The standard InChI is InChI=1S/C16H15IN2O/c1-10-8-13(17)3-5-14(10)19-16(20)12-2-4-15-11(9-12)6-7-18-15/h2-5,8-9,18H,6-7H2,1H3,(H,19,20). The summed E-state index contributed by atoms with van der Waals surface area (Å²) < 4.78 is 1.17. The largest absolute Gasteiger partial charge is 0.384 e. The van der Waals surface area contributed by atoms with Crippen LogP contribution in [0.4, 0.5) is 11.4 Å². The van der Waals surface area contributed by atoms with Gasteiger partial charge < -0.3 is 10.6 Å². The number of amides is 1. The van der Waals surface area contributed by atoms with Crippen LogP contribution < -0.4 is 10.6 Å². The van der Waals surface area contributed by atoms with E-state index in [2.05, 4.69) is 39.3 Å². The zero-order valence-electron chi connectivity index (χ0n) is 11.2. The molecule has 3 rings (SSSR count). The first-order chi connectivity index (χ1) is 9.63. The predicted molar refractivity (Wildman–Crippen MR) is 90.5 cm³/mol. The lowest BCUT2D eigenvalue weighted by Gasteiger charge is -2.09. The minimum atomic E-state index is -0.0518. The highest BCUT2D eigenvalue weighted by Crippen LogP contribution is 2.24. The Hall–Kier alpha value is -1.56. The molecule has 0 unspecified atom stereocenters. The Kier molecular flexibility index (Phi) is 3.65. The van der Waals surface area contributed by atoms with Crippen molar-refractivity contribution < 1.29 is 4.79 Å². The van der Waals surface area contributed by atoms with Crippen molar-refractivity contribution in [1.82, 2.24) is 0 Å². The van der Waals surface area contributed by atoms with Crippen LogP contribution >= 0.6 is 22.6 Å². The number of carbonyl (C=O) groups is 1.